The number of rotatable bonds is 4. The lowest BCUT2D eigenvalue weighted by molar-refractivity contribution is 0.0694. The number of phenols is 1. The Kier molecular flexibility index (Phi) is 5.38. The highest BCUT2D eigenvalue weighted by Crippen LogP contribution is 2.39. The van der Waals surface area contributed by atoms with Crippen molar-refractivity contribution in [2.45, 2.75) is 0 Å². The molecule has 0 bridgehead atoms. The molecular formula is C13H8Cl3NO5S. The fraction of sp³-hybridized carbons (Fsp3) is 0. The maximum absolute atomic E-state index is 11.7. The van der Waals surface area contributed by atoms with E-state index in [-0.39, 0.29) is 32.0 Å². The van der Waals surface area contributed by atoms with Gasteiger partial charge in [-0.1, -0.05) is 34.8 Å². The Hall–Kier alpha value is -1.51. The van der Waals surface area contributed by atoms with Gasteiger partial charge >= 0.3 is 5.97 Å². The van der Waals surface area contributed by atoms with Crippen LogP contribution < -0.4 is 4.31 Å². The van der Waals surface area contributed by atoms with Gasteiger partial charge in [-0.2, -0.15) is 0 Å². The highest BCUT2D eigenvalue weighted by atomic mass is 35.5. The van der Waals surface area contributed by atoms with E-state index in [0.717, 1.165) is 16.4 Å². The van der Waals surface area contributed by atoms with Gasteiger partial charge in [0.25, 0.3) is 11.3 Å². The summed E-state index contributed by atoms with van der Waals surface area (Å²) in [5.74, 6) is -1.90. The first-order valence-electron chi connectivity index (χ1n) is 5.84. The van der Waals surface area contributed by atoms with E-state index in [1.165, 1.54) is 18.2 Å². The summed E-state index contributed by atoms with van der Waals surface area (Å²) in [5.41, 5.74) is -0.254. The third kappa shape index (κ3) is 3.70. The first-order valence-corrected chi connectivity index (χ1v) is 8.04. The topological polar surface area (TPSA) is 98.1 Å². The maximum Gasteiger partial charge on any atom is 0.339 e. The van der Waals surface area contributed by atoms with Crippen LogP contribution in [0.3, 0.4) is 0 Å². The Morgan fingerprint density at radius 3 is 2.17 bits per heavy atom. The minimum atomic E-state index is -2.57. The summed E-state index contributed by atoms with van der Waals surface area (Å²) in [6, 6.07) is 5.94. The molecule has 0 saturated heterocycles. The van der Waals surface area contributed by atoms with Gasteiger partial charge in [-0.15, -0.1) is 0 Å². The normalized spacial score (nSPS) is 12.0. The molecule has 122 valence electrons. The molecule has 3 N–H and O–H groups in total. The van der Waals surface area contributed by atoms with Gasteiger partial charge in [0.1, 0.15) is 11.3 Å². The van der Waals surface area contributed by atoms with Crippen LogP contribution in [-0.4, -0.2) is 24.9 Å². The Balaban J connectivity index is 2.60. The number of hydrogen-bond acceptors (Lipinski definition) is 3. The monoisotopic (exact) mass is 395 g/mol. The fourth-order valence-electron chi connectivity index (χ4n) is 1.81. The number of nitrogens with zero attached hydrogens (tertiary/aromatic N) is 1. The summed E-state index contributed by atoms with van der Waals surface area (Å²) in [7, 11) is 0. The van der Waals surface area contributed by atoms with Gasteiger partial charge in [0, 0.05) is 6.07 Å². The summed E-state index contributed by atoms with van der Waals surface area (Å²) < 4.78 is 22.1. The molecule has 1 unspecified atom stereocenters. The van der Waals surface area contributed by atoms with E-state index in [1.54, 1.807) is 0 Å². The van der Waals surface area contributed by atoms with Crippen LogP contribution >= 0.6 is 34.8 Å². The van der Waals surface area contributed by atoms with Crippen molar-refractivity contribution in [2.75, 3.05) is 4.31 Å². The molecule has 0 amide bonds. The van der Waals surface area contributed by atoms with Crippen LogP contribution in [0.5, 0.6) is 5.75 Å². The molecule has 10 heteroatoms. The van der Waals surface area contributed by atoms with Gasteiger partial charge in [0.2, 0.25) is 0 Å². The zero-order valence-electron chi connectivity index (χ0n) is 11.0. The van der Waals surface area contributed by atoms with Crippen molar-refractivity contribution >= 4 is 63.4 Å². The number of anilines is 2. The van der Waals surface area contributed by atoms with Gasteiger partial charge < -0.3 is 10.2 Å². The third-order valence-corrected chi connectivity index (χ3v) is 4.56. The van der Waals surface area contributed by atoms with Gasteiger partial charge in [-0.25, -0.2) is 13.3 Å². The zero-order valence-corrected chi connectivity index (χ0v) is 14.1. The predicted octanol–water partition coefficient (Wildman–Crippen LogP) is 4.33. The van der Waals surface area contributed by atoms with E-state index >= 15 is 0 Å². The van der Waals surface area contributed by atoms with Crippen molar-refractivity contribution in [3.63, 3.8) is 0 Å². The first kappa shape index (κ1) is 17.8. The van der Waals surface area contributed by atoms with E-state index in [9.17, 15) is 18.7 Å². The molecule has 23 heavy (non-hydrogen) atoms. The van der Waals surface area contributed by atoms with E-state index in [4.69, 9.17) is 39.9 Å². The van der Waals surface area contributed by atoms with Gasteiger partial charge in [-0.05, 0) is 24.3 Å². The lowest BCUT2D eigenvalue weighted by atomic mass is 10.1. The molecule has 0 radical (unpaired) electrons. The number of aromatic carboxylic acids is 1. The molecule has 0 aromatic heterocycles. The van der Waals surface area contributed by atoms with E-state index < -0.39 is 23.0 Å². The summed E-state index contributed by atoms with van der Waals surface area (Å²) in [5, 5.41) is 18.9. The standard InChI is InChI=1S/C13H8Cl3NO5S/c14-8-4-10(16)11(5-9(8)15)17(23(21)22)6-1-2-7(13(19)20)12(18)3-6/h1-5,18H,(H,19,20)(H,21,22). The Labute approximate surface area is 148 Å². The maximum atomic E-state index is 11.7. The van der Waals surface area contributed by atoms with Crippen molar-refractivity contribution in [3.05, 3.63) is 51.0 Å². The molecule has 0 spiro atoms. The van der Waals surface area contributed by atoms with Crippen molar-refractivity contribution in [3.8, 4) is 5.75 Å². The summed E-state index contributed by atoms with van der Waals surface area (Å²) in [6.07, 6.45) is 0. The zero-order chi connectivity index (χ0) is 17.3. The van der Waals surface area contributed by atoms with Crippen molar-refractivity contribution in [2.24, 2.45) is 0 Å². The summed E-state index contributed by atoms with van der Waals surface area (Å²) >= 11 is 15.2. The van der Waals surface area contributed by atoms with Crippen LogP contribution in [0.25, 0.3) is 0 Å². The molecule has 2 aromatic carbocycles. The molecule has 6 nitrogen and oxygen atoms in total. The van der Waals surface area contributed by atoms with Crippen LogP contribution in [0.4, 0.5) is 11.4 Å². The number of carboxylic acids is 1. The highest BCUT2D eigenvalue weighted by molar-refractivity contribution is 7.81. The molecule has 0 saturated carbocycles. The second-order valence-corrected chi connectivity index (χ2v) is 6.30. The van der Waals surface area contributed by atoms with E-state index in [1.807, 2.05) is 0 Å². The lowest BCUT2D eigenvalue weighted by Gasteiger charge is -2.22. The number of carboxylic acid groups (broad SMARTS) is 1. The van der Waals surface area contributed by atoms with Crippen LogP contribution in [0.1, 0.15) is 10.4 Å². The minimum Gasteiger partial charge on any atom is -0.507 e. The van der Waals surface area contributed by atoms with Gasteiger partial charge in [-0.3, -0.25) is 4.55 Å². The summed E-state index contributed by atoms with van der Waals surface area (Å²) in [4.78, 5) is 10.9. The van der Waals surface area contributed by atoms with Crippen LogP contribution in [0.2, 0.25) is 15.1 Å². The number of halogens is 3. The SMILES string of the molecule is O=C(O)c1ccc(N(c2cc(Cl)c(Cl)cc2Cl)S(=O)O)cc1O. The quantitative estimate of drug-likeness (QED) is 0.528. The van der Waals surface area contributed by atoms with Gasteiger partial charge in [0.15, 0.2) is 0 Å². The molecule has 1 atom stereocenters. The molecule has 2 rings (SSSR count). The molecule has 0 fully saturated rings. The number of aromatic hydroxyl groups is 1. The van der Waals surface area contributed by atoms with Crippen molar-refractivity contribution in [1.29, 1.82) is 0 Å². The van der Waals surface area contributed by atoms with Crippen LogP contribution in [-0.2, 0) is 11.3 Å². The van der Waals surface area contributed by atoms with E-state index in [0.29, 0.717) is 0 Å². The van der Waals surface area contributed by atoms with Crippen LogP contribution in [0, 0.1) is 0 Å². The highest BCUT2D eigenvalue weighted by Gasteiger charge is 2.22. The first-order chi connectivity index (χ1) is 10.7. The number of carbonyl (C=O) groups is 1. The molecule has 0 heterocycles. The molecule has 0 aliphatic heterocycles. The number of hydrogen-bond donors (Lipinski definition) is 3. The molecular weight excluding hydrogens is 389 g/mol. The minimum absolute atomic E-state index is 0.0358. The Morgan fingerprint density at radius 1 is 1.04 bits per heavy atom. The second-order valence-electron chi connectivity index (χ2n) is 4.25. The van der Waals surface area contributed by atoms with E-state index in [2.05, 4.69) is 0 Å². The Bertz CT molecular complexity index is 814. The third-order valence-electron chi connectivity index (χ3n) is 2.81. The van der Waals surface area contributed by atoms with Crippen molar-refractivity contribution in [1.82, 2.24) is 0 Å². The smallest absolute Gasteiger partial charge is 0.339 e. The molecule has 0 aliphatic carbocycles. The summed E-state index contributed by atoms with van der Waals surface area (Å²) in [6.45, 7) is 0. The Morgan fingerprint density at radius 2 is 1.65 bits per heavy atom. The second kappa shape index (κ2) is 6.94. The molecule has 0 aliphatic rings. The lowest BCUT2D eigenvalue weighted by Crippen LogP contribution is -2.19. The average Bonchev–Trinajstić information content (AvgIpc) is 2.44. The average molecular weight is 397 g/mol. The number of benzene rings is 2. The molecule has 2 aromatic rings. The van der Waals surface area contributed by atoms with Gasteiger partial charge in [0.05, 0.1) is 26.4 Å². The largest absolute Gasteiger partial charge is 0.507 e. The van der Waals surface area contributed by atoms with Crippen LogP contribution in [0.15, 0.2) is 30.3 Å². The predicted molar refractivity (Wildman–Crippen MR) is 89.4 cm³/mol. The van der Waals surface area contributed by atoms with Crippen molar-refractivity contribution < 1.29 is 23.8 Å². The fourth-order valence-corrected chi connectivity index (χ4v) is 3.10.